The van der Waals surface area contributed by atoms with Crippen LogP contribution in [0.3, 0.4) is 0 Å². The molecule has 2 N–H and O–H groups in total. The number of hydrogen-bond donors (Lipinski definition) is 2. The van der Waals surface area contributed by atoms with Gasteiger partial charge in [-0.05, 0) is 44.4 Å². The van der Waals surface area contributed by atoms with Crippen molar-refractivity contribution in [1.29, 1.82) is 0 Å². The van der Waals surface area contributed by atoms with Crippen LogP contribution in [0.15, 0.2) is 23.1 Å². The maximum atomic E-state index is 11.4. The molecule has 1 aliphatic carbocycles. The maximum absolute atomic E-state index is 11.4. The molecule has 0 heterocycles. The third-order valence-corrected chi connectivity index (χ3v) is 5.06. The topological polar surface area (TPSA) is 49.3 Å². The van der Waals surface area contributed by atoms with E-state index in [1.807, 2.05) is 0 Å². The van der Waals surface area contributed by atoms with Crippen LogP contribution in [0.4, 0.5) is 0 Å². The molecule has 0 bridgehead atoms. The Hall–Kier alpha value is -0.420. The van der Waals surface area contributed by atoms with E-state index in [0.717, 1.165) is 17.7 Å². The van der Waals surface area contributed by atoms with Crippen molar-refractivity contribution >= 4 is 40.9 Å². The van der Waals surface area contributed by atoms with Crippen molar-refractivity contribution in [1.82, 2.24) is 5.32 Å². The smallest absolute Gasteiger partial charge is 0.323 e. The largest absolute Gasteiger partial charge is 0.480 e. The fraction of sp³-hybridized carbons (Fsp3) is 0.500. The minimum absolute atomic E-state index is 0.357. The Bertz CT molecular complexity index is 508. The Kier molecular flexibility index (Phi) is 5.24. The summed E-state index contributed by atoms with van der Waals surface area (Å²) in [4.78, 5) is 12.3. The number of nitrogens with one attached hydrogen (secondary N) is 1. The molecule has 0 spiro atoms. The standard InChI is InChI=1S/C14H17Cl2NO2S/c1-14(13(18)19,17-10-3-4-10)6-7-20-12-8-9(15)2-5-11(12)16/h2,5,8,10,17H,3-4,6-7H2,1H3,(H,18,19). The van der Waals surface area contributed by atoms with E-state index < -0.39 is 11.5 Å². The highest BCUT2D eigenvalue weighted by Crippen LogP contribution is 2.32. The molecule has 1 aromatic carbocycles. The predicted molar refractivity (Wildman–Crippen MR) is 84.0 cm³/mol. The second-order valence-corrected chi connectivity index (χ2v) is 7.21. The number of halogens is 2. The zero-order chi connectivity index (χ0) is 14.8. The molecule has 0 aromatic heterocycles. The van der Waals surface area contributed by atoms with Gasteiger partial charge in [0, 0.05) is 21.7 Å². The quantitative estimate of drug-likeness (QED) is 0.738. The van der Waals surface area contributed by atoms with Gasteiger partial charge in [0.25, 0.3) is 0 Å². The van der Waals surface area contributed by atoms with E-state index in [4.69, 9.17) is 23.2 Å². The summed E-state index contributed by atoms with van der Waals surface area (Å²) in [5.41, 5.74) is -0.876. The second kappa shape index (κ2) is 6.56. The summed E-state index contributed by atoms with van der Waals surface area (Å²) < 4.78 is 0. The van der Waals surface area contributed by atoms with Crippen molar-refractivity contribution in [3.05, 3.63) is 28.2 Å². The summed E-state index contributed by atoms with van der Waals surface area (Å²) in [6.07, 6.45) is 2.67. The summed E-state index contributed by atoms with van der Waals surface area (Å²) in [5, 5.41) is 13.9. The number of hydrogen-bond acceptors (Lipinski definition) is 3. The van der Waals surface area contributed by atoms with Crippen molar-refractivity contribution in [3.63, 3.8) is 0 Å². The molecule has 1 atom stereocenters. The maximum Gasteiger partial charge on any atom is 0.323 e. The molecule has 0 aliphatic heterocycles. The van der Waals surface area contributed by atoms with Gasteiger partial charge in [-0.1, -0.05) is 23.2 Å². The first-order chi connectivity index (χ1) is 9.40. The van der Waals surface area contributed by atoms with Crippen LogP contribution in [0.1, 0.15) is 26.2 Å². The van der Waals surface area contributed by atoms with E-state index in [1.165, 1.54) is 11.8 Å². The molecule has 1 fully saturated rings. The Morgan fingerprint density at radius 1 is 1.50 bits per heavy atom. The van der Waals surface area contributed by atoms with Crippen molar-refractivity contribution in [2.24, 2.45) is 0 Å². The van der Waals surface area contributed by atoms with E-state index in [9.17, 15) is 9.90 Å². The highest BCUT2D eigenvalue weighted by molar-refractivity contribution is 7.99. The molecular formula is C14H17Cl2NO2S. The molecule has 1 aromatic rings. The van der Waals surface area contributed by atoms with Crippen LogP contribution in [0, 0.1) is 0 Å². The van der Waals surface area contributed by atoms with E-state index in [1.54, 1.807) is 25.1 Å². The molecule has 1 unspecified atom stereocenters. The minimum atomic E-state index is -0.876. The number of thioether (sulfide) groups is 1. The molecule has 1 aliphatic rings. The molecule has 20 heavy (non-hydrogen) atoms. The third kappa shape index (κ3) is 4.29. The molecule has 1 saturated carbocycles. The molecule has 3 nitrogen and oxygen atoms in total. The summed E-state index contributed by atoms with van der Waals surface area (Å²) in [6.45, 7) is 1.74. The van der Waals surface area contributed by atoms with Gasteiger partial charge in [-0.15, -0.1) is 11.8 Å². The highest BCUT2D eigenvalue weighted by Gasteiger charge is 2.38. The van der Waals surface area contributed by atoms with Crippen LogP contribution in [-0.2, 0) is 4.79 Å². The van der Waals surface area contributed by atoms with Gasteiger partial charge in [-0.25, -0.2) is 0 Å². The average molecular weight is 334 g/mol. The van der Waals surface area contributed by atoms with Gasteiger partial charge in [-0.3, -0.25) is 10.1 Å². The lowest BCUT2D eigenvalue weighted by Gasteiger charge is -2.26. The number of aliphatic carboxylic acids is 1. The number of carboxylic acids is 1. The first kappa shape index (κ1) is 16.0. The lowest BCUT2D eigenvalue weighted by Crippen LogP contribution is -2.50. The van der Waals surface area contributed by atoms with Gasteiger partial charge >= 0.3 is 5.97 Å². The van der Waals surface area contributed by atoms with Gasteiger partial charge in [0.05, 0.1) is 5.02 Å². The molecule has 6 heteroatoms. The predicted octanol–water partition coefficient (Wildman–Crippen LogP) is 4.07. The van der Waals surface area contributed by atoms with Crippen LogP contribution < -0.4 is 5.32 Å². The van der Waals surface area contributed by atoms with Crippen LogP contribution in [0.2, 0.25) is 10.0 Å². The zero-order valence-corrected chi connectivity index (χ0v) is 13.5. The monoisotopic (exact) mass is 333 g/mol. The van der Waals surface area contributed by atoms with Gasteiger partial charge in [0.2, 0.25) is 0 Å². The SMILES string of the molecule is CC(CCSc1cc(Cl)ccc1Cl)(NC1CC1)C(=O)O. The van der Waals surface area contributed by atoms with E-state index in [0.29, 0.717) is 28.3 Å². The van der Waals surface area contributed by atoms with E-state index in [-0.39, 0.29) is 0 Å². The van der Waals surface area contributed by atoms with Crippen molar-refractivity contribution < 1.29 is 9.90 Å². The number of carboxylic acid groups (broad SMARTS) is 1. The van der Waals surface area contributed by atoms with Gasteiger partial charge in [0.15, 0.2) is 0 Å². The van der Waals surface area contributed by atoms with E-state index >= 15 is 0 Å². The second-order valence-electron chi connectivity index (χ2n) is 5.23. The molecule has 2 rings (SSSR count). The summed E-state index contributed by atoms with van der Waals surface area (Å²) in [7, 11) is 0. The Morgan fingerprint density at radius 3 is 2.80 bits per heavy atom. The minimum Gasteiger partial charge on any atom is -0.480 e. The van der Waals surface area contributed by atoms with Crippen LogP contribution in [0.25, 0.3) is 0 Å². The lowest BCUT2D eigenvalue weighted by atomic mass is 9.99. The summed E-state index contributed by atoms with van der Waals surface area (Å²) in [6, 6.07) is 5.66. The molecule has 0 radical (unpaired) electrons. The average Bonchev–Trinajstić information content (AvgIpc) is 3.17. The molecule has 0 amide bonds. The van der Waals surface area contributed by atoms with Crippen LogP contribution in [0.5, 0.6) is 0 Å². The highest BCUT2D eigenvalue weighted by atomic mass is 35.5. The first-order valence-corrected chi connectivity index (χ1v) is 8.24. The normalized spacial score (nSPS) is 17.8. The number of rotatable bonds is 7. The fourth-order valence-corrected chi connectivity index (χ4v) is 3.54. The van der Waals surface area contributed by atoms with Crippen LogP contribution >= 0.6 is 35.0 Å². The molecule has 0 saturated heterocycles. The van der Waals surface area contributed by atoms with Crippen molar-refractivity contribution in [2.75, 3.05) is 5.75 Å². The van der Waals surface area contributed by atoms with Crippen LogP contribution in [-0.4, -0.2) is 28.4 Å². The van der Waals surface area contributed by atoms with Crippen molar-refractivity contribution in [3.8, 4) is 0 Å². The zero-order valence-electron chi connectivity index (χ0n) is 11.2. The molecule has 110 valence electrons. The Morgan fingerprint density at radius 2 is 2.20 bits per heavy atom. The van der Waals surface area contributed by atoms with Gasteiger partial charge in [-0.2, -0.15) is 0 Å². The van der Waals surface area contributed by atoms with Gasteiger partial charge < -0.3 is 5.11 Å². The third-order valence-electron chi connectivity index (χ3n) is 3.32. The summed E-state index contributed by atoms with van der Waals surface area (Å²) in [5.74, 6) is -0.134. The fourth-order valence-electron chi connectivity index (χ4n) is 1.87. The lowest BCUT2D eigenvalue weighted by molar-refractivity contribution is -0.144. The van der Waals surface area contributed by atoms with E-state index in [2.05, 4.69) is 5.32 Å². The Labute approximate surface area is 133 Å². The summed E-state index contributed by atoms with van der Waals surface area (Å²) >= 11 is 13.6. The van der Waals surface area contributed by atoms with Gasteiger partial charge in [0.1, 0.15) is 5.54 Å². The van der Waals surface area contributed by atoms with Crippen molar-refractivity contribution in [2.45, 2.75) is 42.7 Å². The first-order valence-electron chi connectivity index (χ1n) is 6.50. The number of carbonyl (C=O) groups is 1. The Balaban J connectivity index is 1.92. The molecular weight excluding hydrogens is 317 g/mol. The number of benzene rings is 1.